The van der Waals surface area contributed by atoms with Crippen molar-refractivity contribution in [1.82, 2.24) is 0 Å². The lowest BCUT2D eigenvalue weighted by molar-refractivity contribution is -0.118. The van der Waals surface area contributed by atoms with E-state index in [2.05, 4.69) is 0 Å². The number of hydrogen-bond donors (Lipinski definition) is 0. The quantitative estimate of drug-likeness (QED) is 0.377. The van der Waals surface area contributed by atoms with Crippen molar-refractivity contribution < 1.29 is 14.3 Å². The van der Waals surface area contributed by atoms with Crippen molar-refractivity contribution in [2.24, 2.45) is 0 Å². The summed E-state index contributed by atoms with van der Waals surface area (Å²) in [7, 11) is 0. The van der Waals surface area contributed by atoms with Gasteiger partial charge in [-0.15, -0.1) is 0 Å². The zero-order valence-electron chi connectivity index (χ0n) is 7.31. The summed E-state index contributed by atoms with van der Waals surface area (Å²) in [5.41, 5.74) is 1.09. The van der Waals surface area contributed by atoms with Crippen LogP contribution in [-0.4, -0.2) is 19.7 Å². The number of rotatable bonds is 6. The molecule has 0 saturated heterocycles. The molecule has 0 radical (unpaired) electrons. The molecule has 0 heterocycles. The van der Waals surface area contributed by atoms with Crippen molar-refractivity contribution in [3.8, 4) is 0 Å². The second-order valence-electron chi connectivity index (χ2n) is 2.49. The van der Waals surface area contributed by atoms with Gasteiger partial charge >= 0.3 is 0 Å². The number of benzene rings is 1. The third-order valence-electron chi connectivity index (χ3n) is 1.46. The van der Waals surface area contributed by atoms with E-state index in [9.17, 15) is 4.79 Å². The first-order valence-electron chi connectivity index (χ1n) is 4.06. The first-order valence-corrected chi connectivity index (χ1v) is 4.06. The van der Waals surface area contributed by atoms with E-state index >= 15 is 0 Å². The minimum atomic E-state index is 0.0921. The molecular formula is C10H12O3. The van der Waals surface area contributed by atoms with Gasteiger partial charge in [0.2, 0.25) is 0 Å². The van der Waals surface area contributed by atoms with Gasteiger partial charge in [0, 0.05) is 0 Å². The van der Waals surface area contributed by atoms with Crippen LogP contribution in [0.1, 0.15) is 5.56 Å². The van der Waals surface area contributed by atoms with Crippen LogP contribution in [0.2, 0.25) is 0 Å². The summed E-state index contributed by atoms with van der Waals surface area (Å²) in [5, 5.41) is 0. The normalized spacial score (nSPS) is 9.85. The zero-order valence-corrected chi connectivity index (χ0v) is 7.31. The molecule has 0 aliphatic carbocycles. The van der Waals surface area contributed by atoms with Crippen LogP contribution in [-0.2, 0) is 20.9 Å². The van der Waals surface area contributed by atoms with Gasteiger partial charge in [-0.25, -0.2) is 0 Å². The van der Waals surface area contributed by atoms with E-state index in [1.165, 1.54) is 0 Å². The molecule has 0 atom stereocenters. The van der Waals surface area contributed by atoms with E-state index in [1.54, 1.807) is 0 Å². The molecule has 0 unspecified atom stereocenters. The van der Waals surface area contributed by atoms with Gasteiger partial charge < -0.3 is 14.3 Å². The predicted molar refractivity (Wildman–Crippen MR) is 48.1 cm³/mol. The fourth-order valence-electron chi connectivity index (χ4n) is 0.889. The average molecular weight is 180 g/mol. The fraction of sp³-hybridized carbons (Fsp3) is 0.300. The SMILES string of the molecule is O=CCOCOCc1ccccc1. The van der Waals surface area contributed by atoms with E-state index in [1.807, 2.05) is 30.3 Å². The topological polar surface area (TPSA) is 35.5 Å². The van der Waals surface area contributed by atoms with Crippen LogP contribution in [0, 0.1) is 0 Å². The van der Waals surface area contributed by atoms with Crippen LogP contribution < -0.4 is 0 Å². The van der Waals surface area contributed by atoms with Crippen molar-refractivity contribution in [2.45, 2.75) is 6.61 Å². The summed E-state index contributed by atoms with van der Waals surface area (Å²) >= 11 is 0. The standard InChI is InChI=1S/C10H12O3/c11-6-7-12-9-13-8-10-4-2-1-3-5-10/h1-6H,7-9H2. The maximum Gasteiger partial charge on any atom is 0.147 e. The van der Waals surface area contributed by atoms with Crippen molar-refractivity contribution in [2.75, 3.05) is 13.4 Å². The highest BCUT2D eigenvalue weighted by atomic mass is 16.7. The first kappa shape index (κ1) is 9.89. The van der Waals surface area contributed by atoms with Gasteiger partial charge in [-0.3, -0.25) is 0 Å². The van der Waals surface area contributed by atoms with Crippen LogP contribution >= 0.6 is 0 Å². The van der Waals surface area contributed by atoms with Gasteiger partial charge in [0.05, 0.1) is 6.61 Å². The number of hydrogen-bond acceptors (Lipinski definition) is 3. The average Bonchev–Trinajstić information content (AvgIpc) is 2.19. The largest absolute Gasteiger partial charge is 0.351 e. The highest BCUT2D eigenvalue weighted by molar-refractivity contribution is 5.50. The minimum absolute atomic E-state index is 0.0921. The van der Waals surface area contributed by atoms with Crippen molar-refractivity contribution in [3.63, 3.8) is 0 Å². The third kappa shape index (κ3) is 4.40. The Kier molecular flexibility index (Phi) is 4.83. The Morgan fingerprint density at radius 1 is 1.15 bits per heavy atom. The Hall–Kier alpha value is -1.19. The predicted octanol–water partition coefficient (Wildman–Crippen LogP) is 1.38. The Morgan fingerprint density at radius 3 is 2.62 bits per heavy atom. The van der Waals surface area contributed by atoms with Crippen LogP contribution in [0.3, 0.4) is 0 Å². The maximum atomic E-state index is 9.86. The second-order valence-corrected chi connectivity index (χ2v) is 2.49. The molecule has 1 aromatic rings. The molecule has 0 aliphatic rings. The van der Waals surface area contributed by atoms with Crippen molar-refractivity contribution in [3.05, 3.63) is 35.9 Å². The summed E-state index contributed by atoms with van der Waals surface area (Å²) < 4.78 is 9.95. The molecule has 1 aromatic carbocycles. The van der Waals surface area contributed by atoms with E-state index in [-0.39, 0.29) is 13.4 Å². The number of carbonyl (C=O) groups is 1. The number of carbonyl (C=O) groups excluding carboxylic acids is 1. The molecule has 0 saturated carbocycles. The van der Waals surface area contributed by atoms with Crippen LogP contribution in [0.4, 0.5) is 0 Å². The molecule has 0 amide bonds. The zero-order chi connectivity index (χ0) is 9.36. The van der Waals surface area contributed by atoms with E-state index in [4.69, 9.17) is 9.47 Å². The Bertz CT molecular complexity index is 233. The lowest BCUT2D eigenvalue weighted by atomic mass is 10.2. The Morgan fingerprint density at radius 2 is 1.92 bits per heavy atom. The molecule has 13 heavy (non-hydrogen) atoms. The summed E-state index contributed by atoms with van der Waals surface area (Å²) in [5.74, 6) is 0. The Labute approximate surface area is 77.3 Å². The van der Waals surface area contributed by atoms with Crippen molar-refractivity contribution >= 4 is 6.29 Å². The van der Waals surface area contributed by atoms with Gasteiger partial charge in [0.15, 0.2) is 0 Å². The highest BCUT2D eigenvalue weighted by Crippen LogP contribution is 1.99. The minimum Gasteiger partial charge on any atom is -0.351 e. The highest BCUT2D eigenvalue weighted by Gasteiger charge is 1.90. The second kappa shape index (κ2) is 6.34. The molecule has 0 aliphatic heterocycles. The summed E-state index contributed by atoms with van der Waals surface area (Å²) in [6.45, 7) is 0.766. The molecule has 3 nitrogen and oxygen atoms in total. The molecule has 1 rings (SSSR count). The molecule has 0 spiro atoms. The smallest absolute Gasteiger partial charge is 0.147 e. The molecule has 0 bridgehead atoms. The first-order chi connectivity index (χ1) is 6.43. The molecular weight excluding hydrogens is 168 g/mol. The van der Waals surface area contributed by atoms with E-state index in [0.29, 0.717) is 12.9 Å². The lowest BCUT2D eigenvalue weighted by Crippen LogP contribution is -2.02. The third-order valence-corrected chi connectivity index (χ3v) is 1.46. The van der Waals surface area contributed by atoms with E-state index < -0.39 is 0 Å². The molecule has 3 heteroatoms. The Balaban J connectivity index is 2.10. The van der Waals surface area contributed by atoms with Crippen LogP contribution in [0.15, 0.2) is 30.3 Å². The van der Waals surface area contributed by atoms with Gasteiger partial charge in [-0.05, 0) is 5.56 Å². The monoisotopic (exact) mass is 180 g/mol. The summed E-state index contributed by atoms with van der Waals surface area (Å²) in [6.07, 6.45) is 0.700. The van der Waals surface area contributed by atoms with Gasteiger partial charge in [0.25, 0.3) is 0 Å². The molecule has 0 fully saturated rings. The fourth-order valence-corrected chi connectivity index (χ4v) is 0.889. The van der Waals surface area contributed by atoms with Crippen LogP contribution in [0.5, 0.6) is 0 Å². The summed E-state index contributed by atoms with van der Waals surface area (Å²) in [4.78, 5) is 9.86. The lowest BCUT2D eigenvalue weighted by Gasteiger charge is -2.02. The molecule has 70 valence electrons. The van der Waals surface area contributed by atoms with E-state index in [0.717, 1.165) is 5.56 Å². The number of ether oxygens (including phenoxy) is 2. The van der Waals surface area contributed by atoms with Crippen molar-refractivity contribution in [1.29, 1.82) is 0 Å². The van der Waals surface area contributed by atoms with Gasteiger partial charge in [-0.1, -0.05) is 30.3 Å². The summed E-state index contributed by atoms with van der Waals surface area (Å²) in [6, 6.07) is 9.79. The molecule has 0 N–H and O–H groups in total. The van der Waals surface area contributed by atoms with Gasteiger partial charge in [-0.2, -0.15) is 0 Å². The molecule has 0 aromatic heterocycles. The van der Waals surface area contributed by atoms with Crippen LogP contribution in [0.25, 0.3) is 0 Å². The number of aldehydes is 1. The van der Waals surface area contributed by atoms with Gasteiger partial charge in [0.1, 0.15) is 19.7 Å². The maximum absolute atomic E-state index is 9.86.